The predicted molar refractivity (Wildman–Crippen MR) is 107 cm³/mol. The molecule has 4 nitrogen and oxygen atoms in total. The number of aliphatic imine (C=N–C) groups is 2. The third kappa shape index (κ3) is 5.80. The Balaban J connectivity index is 1.75. The Bertz CT molecular complexity index is 933. The second kappa shape index (κ2) is 9.22. The van der Waals surface area contributed by atoms with Gasteiger partial charge in [0.25, 0.3) is 0 Å². The molecule has 0 bridgehead atoms. The van der Waals surface area contributed by atoms with Gasteiger partial charge in [-0.15, -0.1) is 0 Å². The van der Waals surface area contributed by atoms with Crippen LogP contribution in [0.2, 0.25) is 0 Å². The second-order valence-corrected chi connectivity index (χ2v) is 7.52. The first-order chi connectivity index (χ1) is 14.9. The lowest BCUT2D eigenvalue weighted by Gasteiger charge is -2.25. The first-order valence-electron chi connectivity index (χ1n) is 9.82. The van der Waals surface area contributed by atoms with Gasteiger partial charge in [0.2, 0.25) is 0 Å². The molecule has 1 aliphatic rings. The highest BCUT2D eigenvalue weighted by atomic mass is 19.4. The van der Waals surface area contributed by atoms with Gasteiger partial charge >= 0.3 is 12.4 Å². The number of hydrogen-bond donors (Lipinski definition) is 2. The van der Waals surface area contributed by atoms with Gasteiger partial charge in [-0.05, 0) is 49.2 Å². The summed E-state index contributed by atoms with van der Waals surface area (Å²) in [7, 11) is 0. The van der Waals surface area contributed by atoms with E-state index in [4.69, 9.17) is 0 Å². The lowest BCUT2D eigenvalue weighted by molar-refractivity contribution is -0.138. The van der Waals surface area contributed by atoms with Crippen molar-refractivity contribution in [3.63, 3.8) is 0 Å². The van der Waals surface area contributed by atoms with Gasteiger partial charge in [0, 0.05) is 23.6 Å². The summed E-state index contributed by atoms with van der Waals surface area (Å²) in [5.41, 5.74) is -1.68. The van der Waals surface area contributed by atoms with E-state index in [-0.39, 0.29) is 23.2 Å². The first-order valence-corrected chi connectivity index (χ1v) is 9.82. The van der Waals surface area contributed by atoms with Crippen molar-refractivity contribution in [1.29, 1.82) is 0 Å². The highest BCUT2D eigenvalue weighted by Gasteiger charge is 2.32. The van der Waals surface area contributed by atoms with E-state index in [1.165, 1.54) is 12.4 Å². The largest absolute Gasteiger partial charge is 0.507 e. The molecule has 2 N–H and O–H groups in total. The predicted octanol–water partition coefficient (Wildman–Crippen LogP) is 5.98. The summed E-state index contributed by atoms with van der Waals surface area (Å²) in [6, 6.07) is 4.58. The summed E-state index contributed by atoms with van der Waals surface area (Å²) in [6.45, 7) is 0. The average molecular weight is 458 g/mol. The van der Waals surface area contributed by atoms with Crippen LogP contribution >= 0.6 is 0 Å². The van der Waals surface area contributed by atoms with E-state index in [0.717, 1.165) is 37.1 Å². The van der Waals surface area contributed by atoms with Crippen LogP contribution in [-0.2, 0) is 12.4 Å². The van der Waals surface area contributed by atoms with Crippen LogP contribution in [-0.4, -0.2) is 34.7 Å². The van der Waals surface area contributed by atoms with Crippen molar-refractivity contribution < 1.29 is 36.6 Å². The zero-order valence-corrected chi connectivity index (χ0v) is 16.7. The van der Waals surface area contributed by atoms with Crippen molar-refractivity contribution in [2.45, 2.75) is 50.1 Å². The lowest BCUT2D eigenvalue weighted by Crippen LogP contribution is -2.27. The summed E-state index contributed by atoms with van der Waals surface area (Å²) in [5, 5.41) is 19.8. The first kappa shape index (κ1) is 23.6. The minimum atomic E-state index is -4.57. The summed E-state index contributed by atoms with van der Waals surface area (Å²) in [4.78, 5) is 8.75. The van der Waals surface area contributed by atoms with Crippen molar-refractivity contribution in [2.24, 2.45) is 9.98 Å². The number of phenolic OH excluding ortho intramolecular Hbond substituents is 2. The number of aromatic hydroxyl groups is 2. The molecule has 3 rings (SSSR count). The summed E-state index contributed by atoms with van der Waals surface area (Å²) >= 11 is 0. The second-order valence-electron chi connectivity index (χ2n) is 7.52. The third-order valence-corrected chi connectivity index (χ3v) is 5.22. The molecule has 2 aromatic carbocycles. The monoisotopic (exact) mass is 458 g/mol. The molecule has 0 aromatic heterocycles. The smallest absolute Gasteiger partial charge is 0.416 e. The van der Waals surface area contributed by atoms with Crippen LogP contribution < -0.4 is 0 Å². The molecule has 10 heteroatoms. The van der Waals surface area contributed by atoms with E-state index in [9.17, 15) is 36.6 Å². The molecular weight excluding hydrogens is 438 g/mol. The molecule has 0 unspecified atom stereocenters. The number of nitrogens with zero attached hydrogens (tertiary/aromatic N) is 2. The fraction of sp³-hybridized carbons (Fsp3) is 0.364. The Hall–Kier alpha value is -3.04. The van der Waals surface area contributed by atoms with Crippen molar-refractivity contribution in [3.05, 3.63) is 58.7 Å². The molecule has 172 valence electrons. The van der Waals surface area contributed by atoms with Gasteiger partial charge in [0.15, 0.2) is 0 Å². The molecule has 2 atom stereocenters. The summed E-state index contributed by atoms with van der Waals surface area (Å²) in [6.07, 6.45) is -3.53. The molecule has 1 saturated carbocycles. The van der Waals surface area contributed by atoms with Crippen LogP contribution in [0.3, 0.4) is 0 Å². The fourth-order valence-corrected chi connectivity index (χ4v) is 3.45. The van der Waals surface area contributed by atoms with Gasteiger partial charge in [-0.2, -0.15) is 26.3 Å². The number of phenols is 2. The average Bonchev–Trinajstić information content (AvgIpc) is 2.71. The molecule has 32 heavy (non-hydrogen) atoms. The van der Waals surface area contributed by atoms with E-state index in [0.29, 0.717) is 25.0 Å². The van der Waals surface area contributed by atoms with Gasteiger partial charge in [-0.3, -0.25) is 9.98 Å². The van der Waals surface area contributed by atoms with Gasteiger partial charge in [-0.25, -0.2) is 0 Å². The molecule has 0 radical (unpaired) electrons. The van der Waals surface area contributed by atoms with E-state index in [2.05, 4.69) is 9.98 Å². The van der Waals surface area contributed by atoms with Crippen molar-refractivity contribution in [3.8, 4) is 11.5 Å². The molecule has 1 aliphatic carbocycles. The highest BCUT2D eigenvalue weighted by Crippen LogP contribution is 2.34. The minimum Gasteiger partial charge on any atom is -0.507 e. The zero-order chi connectivity index (χ0) is 23.5. The van der Waals surface area contributed by atoms with Crippen LogP contribution in [0.4, 0.5) is 26.3 Å². The van der Waals surface area contributed by atoms with Crippen LogP contribution in [0.25, 0.3) is 0 Å². The molecule has 0 aliphatic heterocycles. The molecule has 0 spiro atoms. The van der Waals surface area contributed by atoms with Crippen molar-refractivity contribution >= 4 is 12.4 Å². The summed E-state index contributed by atoms with van der Waals surface area (Å²) < 4.78 is 76.4. The third-order valence-electron chi connectivity index (χ3n) is 5.22. The van der Waals surface area contributed by atoms with Gasteiger partial charge in [0.05, 0.1) is 23.2 Å². The Morgan fingerprint density at radius 2 is 1.06 bits per heavy atom. The van der Waals surface area contributed by atoms with E-state index >= 15 is 0 Å². The van der Waals surface area contributed by atoms with Crippen molar-refractivity contribution in [2.75, 3.05) is 0 Å². The van der Waals surface area contributed by atoms with Crippen molar-refractivity contribution in [1.82, 2.24) is 0 Å². The molecular formula is C22H20F6N2O2. The lowest BCUT2D eigenvalue weighted by atomic mass is 9.91. The molecule has 0 amide bonds. The van der Waals surface area contributed by atoms with E-state index < -0.39 is 35.0 Å². The zero-order valence-electron chi connectivity index (χ0n) is 16.7. The molecule has 1 fully saturated rings. The minimum absolute atomic E-state index is 0.131. The Labute approximate surface area is 180 Å². The van der Waals surface area contributed by atoms with Crippen LogP contribution in [0.15, 0.2) is 46.4 Å². The van der Waals surface area contributed by atoms with E-state index in [1.54, 1.807) is 0 Å². The molecule has 0 saturated heterocycles. The Morgan fingerprint density at radius 1 is 0.688 bits per heavy atom. The Kier molecular flexibility index (Phi) is 6.80. The molecule has 2 aromatic rings. The standard InChI is InChI=1S/C22H20F6N2O2/c23-21(24,25)15-7-5-13(19(31)9-15)11-29-17-3-1-2-4-18(17)30-12-14-6-8-16(10-20(14)32)22(26,27)28/h5-12,17-18,31-32H,1-4H2/t17-,18-/m0/s1. The number of alkyl halides is 6. The highest BCUT2D eigenvalue weighted by molar-refractivity contribution is 5.84. The van der Waals surface area contributed by atoms with Gasteiger partial charge in [0.1, 0.15) is 11.5 Å². The number of halogens is 6. The summed E-state index contributed by atoms with van der Waals surface area (Å²) in [5.74, 6) is -1.09. The van der Waals surface area contributed by atoms with Crippen LogP contribution in [0.1, 0.15) is 47.9 Å². The molecule has 0 heterocycles. The quantitative estimate of drug-likeness (QED) is 0.437. The van der Waals surface area contributed by atoms with E-state index in [1.807, 2.05) is 0 Å². The van der Waals surface area contributed by atoms with Gasteiger partial charge < -0.3 is 10.2 Å². The van der Waals surface area contributed by atoms with Gasteiger partial charge in [-0.1, -0.05) is 12.8 Å². The van der Waals surface area contributed by atoms with Crippen LogP contribution in [0.5, 0.6) is 11.5 Å². The Morgan fingerprint density at radius 3 is 1.38 bits per heavy atom. The normalized spacial score (nSPS) is 20.3. The van der Waals surface area contributed by atoms with Crippen LogP contribution in [0, 0.1) is 0 Å². The maximum atomic E-state index is 12.7. The number of hydrogen-bond acceptors (Lipinski definition) is 4. The maximum Gasteiger partial charge on any atom is 0.416 e. The topological polar surface area (TPSA) is 65.2 Å². The maximum absolute atomic E-state index is 12.7. The number of rotatable bonds is 4. The SMILES string of the molecule is Oc1cc(C(F)(F)F)ccc1C=N[C@H]1CCCC[C@@H]1N=Cc1ccc(C(F)(F)F)cc1O. The number of benzene rings is 2. The fourth-order valence-electron chi connectivity index (χ4n) is 3.45.